The quantitative estimate of drug-likeness (QED) is 0.572. The molecule has 0 radical (unpaired) electrons. The number of anilines is 1. The second-order valence-corrected chi connectivity index (χ2v) is 6.93. The number of morpholine rings is 1. The highest BCUT2D eigenvalue weighted by Gasteiger charge is 2.21. The molecule has 1 atom stereocenters. The highest BCUT2D eigenvalue weighted by molar-refractivity contribution is 6.03. The number of nitrogens with zero attached hydrogens (tertiary/aromatic N) is 1. The number of nitrogens with one attached hydrogen (secondary N) is 2. The van der Waals surface area contributed by atoms with Crippen LogP contribution in [0.15, 0.2) is 42.5 Å². The van der Waals surface area contributed by atoms with Gasteiger partial charge in [-0.15, -0.1) is 0 Å². The van der Waals surface area contributed by atoms with E-state index in [2.05, 4.69) is 15.5 Å². The van der Waals surface area contributed by atoms with E-state index in [9.17, 15) is 14.7 Å². The molecular formula is C21H27N3O4. The van der Waals surface area contributed by atoms with Gasteiger partial charge in [0, 0.05) is 24.2 Å². The number of carboxylic acids is 1. The molecule has 1 amide bonds. The SMILES string of the molecule is O=C(C[C@H](NCCCN1CCOCC1)C(=O)O)Nc1cccc2ccccc12. The largest absolute Gasteiger partial charge is 0.480 e. The fourth-order valence-electron chi connectivity index (χ4n) is 3.37. The summed E-state index contributed by atoms with van der Waals surface area (Å²) in [7, 11) is 0. The first kappa shape index (κ1) is 20.3. The monoisotopic (exact) mass is 385 g/mol. The van der Waals surface area contributed by atoms with E-state index in [4.69, 9.17) is 4.74 Å². The lowest BCUT2D eigenvalue weighted by atomic mass is 10.1. The van der Waals surface area contributed by atoms with Crippen molar-refractivity contribution in [3.05, 3.63) is 42.5 Å². The van der Waals surface area contributed by atoms with Crippen LogP contribution >= 0.6 is 0 Å². The van der Waals surface area contributed by atoms with Crippen molar-refractivity contribution >= 4 is 28.3 Å². The number of ether oxygens (including phenoxy) is 1. The molecule has 0 spiro atoms. The van der Waals surface area contributed by atoms with Gasteiger partial charge in [0.05, 0.1) is 19.6 Å². The van der Waals surface area contributed by atoms with E-state index >= 15 is 0 Å². The summed E-state index contributed by atoms with van der Waals surface area (Å²) in [4.78, 5) is 26.2. The number of carbonyl (C=O) groups excluding carboxylic acids is 1. The van der Waals surface area contributed by atoms with Crippen LogP contribution in [0.5, 0.6) is 0 Å². The van der Waals surface area contributed by atoms with Crippen LogP contribution in [0, 0.1) is 0 Å². The summed E-state index contributed by atoms with van der Waals surface area (Å²) < 4.78 is 5.32. The third-order valence-corrected chi connectivity index (χ3v) is 4.90. The zero-order valence-corrected chi connectivity index (χ0v) is 15.9. The van der Waals surface area contributed by atoms with Gasteiger partial charge in [-0.05, 0) is 31.0 Å². The Kier molecular flexibility index (Phi) is 7.36. The standard InChI is InChI=1S/C21H27N3O4/c25-20(23-18-8-3-6-16-5-1-2-7-17(16)18)15-19(21(26)27)22-9-4-10-24-11-13-28-14-12-24/h1-3,5-8,19,22H,4,9-15H2,(H,23,25)(H,26,27)/t19-/m0/s1. The van der Waals surface area contributed by atoms with Gasteiger partial charge in [0.15, 0.2) is 0 Å². The van der Waals surface area contributed by atoms with Crippen molar-refractivity contribution < 1.29 is 19.4 Å². The summed E-state index contributed by atoms with van der Waals surface area (Å²) in [5.74, 6) is -1.33. The lowest BCUT2D eigenvalue weighted by Crippen LogP contribution is -2.42. The van der Waals surface area contributed by atoms with E-state index < -0.39 is 12.0 Å². The zero-order valence-electron chi connectivity index (χ0n) is 15.9. The number of aliphatic carboxylic acids is 1. The van der Waals surface area contributed by atoms with Gasteiger partial charge in [0.2, 0.25) is 5.91 Å². The Balaban J connectivity index is 1.49. The molecule has 0 aliphatic carbocycles. The fourth-order valence-corrected chi connectivity index (χ4v) is 3.37. The molecule has 7 nitrogen and oxygen atoms in total. The van der Waals surface area contributed by atoms with Crippen molar-refractivity contribution in [1.82, 2.24) is 10.2 Å². The smallest absolute Gasteiger partial charge is 0.321 e. The molecule has 0 bridgehead atoms. The number of carbonyl (C=O) groups is 2. The predicted octanol–water partition coefficient (Wildman–Crippen LogP) is 1.93. The first-order valence-electron chi connectivity index (χ1n) is 9.67. The molecule has 0 saturated carbocycles. The number of benzene rings is 2. The molecule has 1 aliphatic heterocycles. The van der Waals surface area contributed by atoms with E-state index in [1.807, 2.05) is 42.5 Å². The van der Waals surface area contributed by atoms with E-state index in [0.29, 0.717) is 12.2 Å². The van der Waals surface area contributed by atoms with Crippen LogP contribution in [0.1, 0.15) is 12.8 Å². The molecule has 1 saturated heterocycles. The minimum absolute atomic E-state index is 0.115. The summed E-state index contributed by atoms with van der Waals surface area (Å²) >= 11 is 0. The van der Waals surface area contributed by atoms with Gasteiger partial charge in [-0.1, -0.05) is 36.4 Å². The lowest BCUT2D eigenvalue weighted by molar-refractivity contribution is -0.141. The molecule has 1 aliphatic rings. The van der Waals surface area contributed by atoms with Crippen molar-refractivity contribution in [3.63, 3.8) is 0 Å². The normalized spacial score (nSPS) is 16.0. The fraction of sp³-hybridized carbons (Fsp3) is 0.429. The van der Waals surface area contributed by atoms with Gasteiger partial charge in [0.25, 0.3) is 0 Å². The first-order chi connectivity index (χ1) is 13.6. The van der Waals surface area contributed by atoms with Gasteiger partial charge in [-0.25, -0.2) is 0 Å². The van der Waals surface area contributed by atoms with Crippen molar-refractivity contribution in [2.75, 3.05) is 44.7 Å². The van der Waals surface area contributed by atoms with Gasteiger partial charge >= 0.3 is 5.97 Å². The molecule has 0 aromatic heterocycles. The van der Waals surface area contributed by atoms with Crippen LogP contribution in [0.3, 0.4) is 0 Å². The van der Waals surface area contributed by atoms with Crippen molar-refractivity contribution in [2.45, 2.75) is 18.9 Å². The predicted molar refractivity (Wildman–Crippen MR) is 108 cm³/mol. The average Bonchev–Trinajstić information content (AvgIpc) is 2.71. The van der Waals surface area contributed by atoms with Crippen LogP contribution in [0.25, 0.3) is 10.8 Å². The Morgan fingerprint density at radius 2 is 1.86 bits per heavy atom. The summed E-state index contributed by atoms with van der Waals surface area (Å²) in [5.41, 5.74) is 0.694. The van der Waals surface area contributed by atoms with Gasteiger partial charge in [0.1, 0.15) is 6.04 Å². The molecule has 0 unspecified atom stereocenters. The molecule has 28 heavy (non-hydrogen) atoms. The van der Waals surface area contributed by atoms with Crippen LogP contribution < -0.4 is 10.6 Å². The Morgan fingerprint density at radius 1 is 1.11 bits per heavy atom. The van der Waals surface area contributed by atoms with Crippen LogP contribution in [0.2, 0.25) is 0 Å². The second-order valence-electron chi connectivity index (χ2n) is 6.93. The molecule has 3 rings (SSSR count). The van der Waals surface area contributed by atoms with E-state index in [1.165, 1.54) is 0 Å². The second kappa shape index (κ2) is 10.2. The maximum atomic E-state index is 12.4. The van der Waals surface area contributed by atoms with E-state index in [-0.39, 0.29) is 12.3 Å². The summed E-state index contributed by atoms with van der Waals surface area (Å²) in [5, 5.41) is 17.2. The number of carboxylic acid groups (broad SMARTS) is 1. The number of amides is 1. The van der Waals surface area contributed by atoms with Crippen molar-refractivity contribution in [2.24, 2.45) is 0 Å². The molecule has 2 aromatic carbocycles. The first-order valence-corrected chi connectivity index (χ1v) is 9.67. The molecule has 1 fully saturated rings. The molecule has 7 heteroatoms. The highest BCUT2D eigenvalue weighted by Crippen LogP contribution is 2.23. The average molecular weight is 385 g/mol. The number of hydrogen-bond donors (Lipinski definition) is 3. The van der Waals surface area contributed by atoms with E-state index in [0.717, 1.165) is 50.0 Å². The summed E-state index contributed by atoms with van der Waals surface area (Å²) in [6.45, 7) is 4.77. The molecule has 1 heterocycles. The molecular weight excluding hydrogens is 358 g/mol. The number of hydrogen-bond acceptors (Lipinski definition) is 5. The summed E-state index contributed by atoms with van der Waals surface area (Å²) in [6.07, 6.45) is 0.713. The van der Waals surface area contributed by atoms with Gasteiger partial charge in [-0.3, -0.25) is 14.5 Å². The molecule has 2 aromatic rings. The zero-order chi connectivity index (χ0) is 19.8. The van der Waals surface area contributed by atoms with E-state index in [1.54, 1.807) is 0 Å². The van der Waals surface area contributed by atoms with Gasteiger partial charge in [-0.2, -0.15) is 0 Å². The number of fused-ring (bicyclic) bond motifs is 1. The Labute approximate surface area is 164 Å². The number of rotatable bonds is 9. The highest BCUT2D eigenvalue weighted by atomic mass is 16.5. The van der Waals surface area contributed by atoms with Gasteiger partial charge < -0.3 is 20.5 Å². The summed E-state index contributed by atoms with van der Waals surface area (Å²) in [6, 6.07) is 12.5. The third kappa shape index (κ3) is 5.76. The molecule has 150 valence electrons. The maximum Gasteiger partial charge on any atom is 0.321 e. The Bertz CT molecular complexity index is 800. The van der Waals surface area contributed by atoms with Crippen molar-refractivity contribution in [3.8, 4) is 0 Å². The van der Waals surface area contributed by atoms with Crippen molar-refractivity contribution in [1.29, 1.82) is 0 Å². The topological polar surface area (TPSA) is 90.9 Å². The molecule has 3 N–H and O–H groups in total. The Hall–Kier alpha value is -2.48. The third-order valence-electron chi connectivity index (χ3n) is 4.90. The minimum Gasteiger partial charge on any atom is -0.480 e. The van der Waals surface area contributed by atoms with Crippen LogP contribution in [-0.2, 0) is 14.3 Å². The lowest BCUT2D eigenvalue weighted by Gasteiger charge is -2.26. The Morgan fingerprint density at radius 3 is 2.64 bits per heavy atom. The maximum absolute atomic E-state index is 12.4. The van der Waals surface area contributed by atoms with Crippen LogP contribution in [-0.4, -0.2) is 67.3 Å². The minimum atomic E-state index is -1.01. The van der Waals surface area contributed by atoms with Crippen LogP contribution in [0.4, 0.5) is 5.69 Å².